The molecule has 1 aliphatic carbocycles. The molecule has 2 aliphatic rings. The third-order valence-electron chi connectivity index (χ3n) is 4.63. The number of hydrogen-bond acceptors (Lipinski definition) is 3. The Kier molecular flexibility index (Phi) is 3.50. The van der Waals surface area contributed by atoms with Crippen LogP contribution in [0.15, 0.2) is 18.3 Å². The third-order valence-corrected chi connectivity index (χ3v) is 4.63. The summed E-state index contributed by atoms with van der Waals surface area (Å²) < 4.78 is 0. The number of aromatic nitrogens is 1. The van der Waals surface area contributed by atoms with Crippen LogP contribution in [0, 0.1) is 11.8 Å². The number of pyridine rings is 1. The SMILES string of the molecule is OCc1cccnc1N1CCC2CCCCC2C1. The van der Waals surface area contributed by atoms with Gasteiger partial charge >= 0.3 is 0 Å². The molecular weight excluding hydrogens is 224 g/mol. The smallest absolute Gasteiger partial charge is 0.134 e. The molecule has 1 aromatic heterocycles. The second kappa shape index (κ2) is 5.27. The predicted octanol–water partition coefficient (Wildman–Crippen LogP) is 2.59. The van der Waals surface area contributed by atoms with Crippen molar-refractivity contribution in [3.8, 4) is 0 Å². The molecule has 1 N–H and O–H groups in total. The third kappa shape index (κ3) is 2.24. The molecule has 3 nitrogen and oxygen atoms in total. The molecule has 2 unspecified atom stereocenters. The number of hydrogen-bond donors (Lipinski definition) is 1. The van der Waals surface area contributed by atoms with Gasteiger partial charge in [-0.1, -0.05) is 25.3 Å². The lowest BCUT2D eigenvalue weighted by atomic mass is 9.75. The summed E-state index contributed by atoms with van der Waals surface area (Å²) in [5.41, 5.74) is 0.965. The molecular formula is C15H22N2O. The Morgan fingerprint density at radius 2 is 2.06 bits per heavy atom. The van der Waals surface area contributed by atoms with Crippen LogP contribution in [-0.4, -0.2) is 23.2 Å². The number of rotatable bonds is 2. The van der Waals surface area contributed by atoms with Gasteiger partial charge in [0.05, 0.1) is 6.61 Å². The molecule has 0 bridgehead atoms. The quantitative estimate of drug-likeness (QED) is 0.871. The van der Waals surface area contributed by atoms with Crippen LogP contribution in [0.3, 0.4) is 0 Å². The summed E-state index contributed by atoms with van der Waals surface area (Å²) in [6, 6.07) is 3.89. The molecule has 98 valence electrons. The van der Waals surface area contributed by atoms with E-state index < -0.39 is 0 Å². The highest BCUT2D eigenvalue weighted by Crippen LogP contribution is 2.37. The van der Waals surface area contributed by atoms with E-state index >= 15 is 0 Å². The molecule has 1 aromatic rings. The van der Waals surface area contributed by atoms with E-state index in [1.807, 2.05) is 18.3 Å². The van der Waals surface area contributed by atoms with Crippen molar-refractivity contribution in [3.05, 3.63) is 23.9 Å². The molecule has 0 spiro atoms. The van der Waals surface area contributed by atoms with Crippen molar-refractivity contribution in [2.75, 3.05) is 18.0 Å². The maximum Gasteiger partial charge on any atom is 0.134 e. The molecule has 3 rings (SSSR count). The Morgan fingerprint density at radius 1 is 1.22 bits per heavy atom. The van der Waals surface area contributed by atoms with Gasteiger partial charge < -0.3 is 10.0 Å². The van der Waals surface area contributed by atoms with Gasteiger partial charge in [-0.3, -0.25) is 0 Å². The zero-order chi connectivity index (χ0) is 12.4. The fourth-order valence-corrected chi connectivity index (χ4v) is 3.63. The fraction of sp³-hybridized carbons (Fsp3) is 0.667. The first-order valence-corrected chi connectivity index (χ1v) is 7.18. The topological polar surface area (TPSA) is 36.4 Å². The van der Waals surface area contributed by atoms with Crippen molar-refractivity contribution in [2.45, 2.75) is 38.7 Å². The highest BCUT2D eigenvalue weighted by atomic mass is 16.3. The molecule has 2 fully saturated rings. The summed E-state index contributed by atoms with van der Waals surface area (Å²) in [4.78, 5) is 6.86. The summed E-state index contributed by atoms with van der Waals surface area (Å²) in [5.74, 6) is 2.79. The zero-order valence-electron chi connectivity index (χ0n) is 10.9. The van der Waals surface area contributed by atoms with Crippen molar-refractivity contribution >= 4 is 5.82 Å². The number of aliphatic hydroxyl groups is 1. The van der Waals surface area contributed by atoms with Crippen molar-refractivity contribution in [3.63, 3.8) is 0 Å². The summed E-state index contributed by atoms with van der Waals surface area (Å²) in [7, 11) is 0. The van der Waals surface area contributed by atoms with Gasteiger partial charge in [-0.2, -0.15) is 0 Å². The molecule has 18 heavy (non-hydrogen) atoms. The molecule has 1 saturated carbocycles. The van der Waals surface area contributed by atoms with Gasteiger partial charge in [0.2, 0.25) is 0 Å². The number of anilines is 1. The van der Waals surface area contributed by atoms with Crippen LogP contribution in [0.1, 0.15) is 37.7 Å². The largest absolute Gasteiger partial charge is 0.392 e. The summed E-state index contributed by atoms with van der Waals surface area (Å²) in [6.07, 6.45) is 8.75. The first-order chi connectivity index (χ1) is 8.88. The molecule has 1 saturated heterocycles. The average molecular weight is 246 g/mol. The van der Waals surface area contributed by atoms with Gasteiger partial charge in [-0.25, -0.2) is 4.98 Å². The number of fused-ring (bicyclic) bond motifs is 1. The van der Waals surface area contributed by atoms with Crippen molar-refractivity contribution in [1.29, 1.82) is 0 Å². The molecule has 1 aliphatic heterocycles. The van der Waals surface area contributed by atoms with Crippen LogP contribution in [0.5, 0.6) is 0 Å². The van der Waals surface area contributed by atoms with Crippen LogP contribution in [0.4, 0.5) is 5.82 Å². The van der Waals surface area contributed by atoms with Crippen molar-refractivity contribution in [2.24, 2.45) is 11.8 Å². The number of piperidine rings is 1. The summed E-state index contributed by atoms with van der Waals surface area (Å²) in [5, 5.41) is 9.41. The minimum Gasteiger partial charge on any atom is -0.392 e. The average Bonchev–Trinajstić information content (AvgIpc) is 2.46. The minimum atomic E-state index is 0.0910. The van der Waals surface area contributed by atoms with Gasteiger partial charge in [0.25, 0.3) is 0 Å². The number of aliphatic hydroxyl groups excluding tert-OH is 1. The normalized spacial score (nSPS) is 27.9. The lowest BCUT2D eigenvalue weighted by molar-refractivity contribution is 0.201. The molecule has 0 aromatic carbocycles. The van der Waals surface area contributed by atoms with Crippen molar-refractivity contribution < 1.29 is 5.11 Å². The van der Waals surface area contributed by atoms with Gasteiger partial charge in [0.1, 0.15) is 5.82 Å². The first-order valence-electron chi connectivity index (χ1n) is 7.18. The van der Waals surface area contributed by atoms with E-state index in [-0.39, 0.29) is 6.61 Å². The van der Waals surface area contributed by atoms with E-state index in [9.17, 15) is 5.11 Å². The number of nitrogens with zero attached hydrogens (tertiary/aromatic N) is 2. The van der Waals surface area contributed by atoms with E-state index in [1.54, 1.807) is 0 Å². The van der Waals surface area contributed by atoms with Crippen molar-refractivity contribution in [1.82, 2.24) is 4.98 Å². The van der Waals surface area contributed by atoms with E-state index in [4.69, 9.17) is 0 Å². The molecule has 2 atom stereocenters. The monoisotopic (exact) mass is 246 g/mol. The standard InChI is InChI=1S/C15H22N2O/c18-11-14-6-3-8-16-15(14)17-9-7-12-4-1-2-5-13(12)10-17/h3,6,8,12-13,18H,1-2,4-5,7,9-11H2. The molecule has 0 amide bonds. The van der Waals surface area contributed by atoms with Gasteiger partial charge in [-0.15, -0.1) is 0 Å². The highest BCUT2D eigenvalue weighted by molar-refractivity contribution is 5.46. The highest BCUT2D eigenvalue weighted by Gasteiger charge is 2.31. The van der Waals surface area contributed by atoms with E-state index in [0.717, 1.165) is 36.3 Å². The maximum absolute atomic E-state index is 9.41. The van der Waals surface area contributed by atoms with Crippen LogP contribution >= 0.6 is 0 Å². The lowest BCUT2D eigenvalue weighted by Crippen LogP contribution is -2.42. The maximum atomic E-state index is 9.41. The molecule has 0 radical (unpaired) electrons. The fourth-order valence-electron chi connectivity index (χ4n) is 3.63. The Labute approximate surface area is 109 Å². The summed E-state index contributed by atoms with van der Waals surface area (Å²) in [6.45, 7) is 2.33. The van der Waals surface area contributed by atoms with Crippen LogP contribution < -0.4 is 4.90 Å². The minimum absolute atomic E-state index is 0.0910. The van der Waals surface area contributed by atoms with Gasteiger partial charge in [0.15, 0.2) is 0 Å². The summed E-state index contributed by atoms with van der Waals surface area (Å²) >= 11 is 0. The predicted molar refractivity (Wildman–Crippen MR) is 72.4 cm³/mol. The van der Waals surface area contributed by atoms with E-state index in [0.29, 0.717) is 0 Å². The Hall–Kier alpha value is -1.09. The van der Waals surface area contributed by atoms with Gasteiger partial charge in [0, 0.05) is 24.8 Å². The molecule has 2 heterocycles. The van der Waals surface area contributed by atoms with Crippen LogP contribution in [0.25, 0.3) is 0 Å². The van der Waals surface area contributed by atoms with Crippen LogP contribution in [0.2, 0.25) is 0 Å². The Balaban J connectivity index is 1.77. The van der Waals surface area contributed by atoms with Crippen LogP contribution in [-0.2, 0) is 6.61 Å². The lowest BCUT2D eigenvalue weighted by Gasteiger charge is -2.42. The molecule has 3 heteroatoms. The Bertz CT molecular complexity index is 407. The second-order valence-electron chi connectivity index (χ2n) is 5.68. The van der Waals surface area contributed by atoms with E-state index in [1.165, 1.54) is 32.1 Å². The second-order valence-corrected chi connectivity index (χ2v) is 5.68. The zero-order valence-corrected chi connectivity index (χ0v) is 10.9. The van der Waals surface area contributed by atoms with E-state index in [2.05, 4.69) is 9.88 Å². The van der Waals surface area contributed by atoms with Gasteiger partial charge in [-0.05, 0) is 30.7 Å². The first kappa shape index (κ1) is 12.0. The Morgan fingerprint density at radius 3 is 2.89 bits per heavy atom.